The summed E-state index contributed by atoms with van der Waals surface area (Å²) in [5.41, 5.74) is 2.27. The van der Waals surface area contributed by atoms with Crippen LogP contribution in [0, 0.1) is 6.92 Å². The molecule has 1 N–H and O–H groups in total. The Labute approximate surface area is 128 Å². The Kier molecular flexibility index (Phi) is 7.39. The minimum Gasteiger partial charge on any atom is -0.493 e. The maximum Gasteiger partial charge on any atom is 0.123 e. The highest BCUT2D eigenvalue weighted by molar-refractivity contribution is 6.31. The average Bonchev–Trinajstić information content (AvgIpc) is 2.36. The topological polar surface area (TPSA) is 21.3 Å². The van der Waals surface area contributed by atoms with Crippen molar-refractivity contribution in [3.8, 4) is 5.75 Å². The van der Waals surface area contributed by atoms with Crippen LogP contribution in [0.3, 0.4) is 0 Å². The van der Waals surface area contributed by atoms with E-state index >= 15 is 0 Å². The number of halogens is 1. The molecule has 0 amide bonds. The van der Waals surface area contributed by atoms with Gasteiger partial charge in [0.1, 0.15) is 5.75 Å². The zero-order chi connectivity index (χ0) is 15.1. The lowest BCUT2D eigenvalue weighted by Gasteiger charge is -2.16. The number of hydrogen-bond donors (Lipinski definition) is 1. The molecule has 0 aliphatic carbocycles. The number of hydrogen-bond acceptors (Lipinski definition) is 2. The molecule has 0 bridgehead atoms. The molecule has 2 nitrogen and oxygen atoms in total. The van der Waals surface area contributed by atoms with Gasteiger partial charge in [0.25, 0.3) is 0 Å². The number of nitrogens with one attached hydrogen (secondary N) is 1. The van der Waals surface area contributed by atoms with Crippen molar-refractivity contribution in [2.45, 2.75) is 59.4 Å². The normalized spacial score (nSPS) is 11.4. The molecule has 0 saturated heterocycles. The van der Waals surface area contributed by atoms with Crippen molar-refractivity contribution in [2.75, 3.05) is 13.2 Å². The van der Waals surface area contributed by atoms with Crippen LogP contribution in [0.1, 0.15) is 57.6 Å². The molecular formula is C17H28ClNO. The van der Waals surface area contributed by atoms with E-state index in [2.05, 4.69) is 39.1 Å². The van der Waals surface area contributed by atoms with Gasteiger partial charge in [0.2, 0.25) is 0 Å². The summed E-state index contributed by atoms with van der Waals surface area (Å²) in [6.45, 7) is 12.5. The van der Waals surface area contributed by atoms with Gasteiger partial charge in [-0.2, -0.15) is 0 Å². The van der Waals surface area contributed by atoms with Crippen molar-refractivity contribution in [3.63, 3.8) is 0 Å². The van der Waals surface area contributed by atoms with Crippen molar-refractivity contribution in [3.05, 3.63) is 28.3 Å². The highest BCUT2D eigenvalue weighted by atomic mass is 35.5. The standard InChI is InChI=1S/C17H28ClNO/c1-12(2)15-11-16(18)14(5)10-17(15)20-9-7-6-8-19-13(3)4/h10-13,19H,6-9H2,1-5H3. The first-order chi connectivity index (χ1) is 9.41. The first kappa shape index (κ1) is 17.3. The molecule has 0 saturated carbocycles. The Hall–Kier alpha value is -0.730. The van der Waals surface area contributed by atoms with Crippen LogP contribution in [-0.4, -0.2) is 19.2 Å². The minimum absolute atomic E-state index is 0.422. The molecule has 1 aromatic carbocycles. The van der Waals surface area contributed by atoms with Gasteiger partial charge in [0, 0.05) is 11.1 Å². The maximum absolute atomic E-state index is 6.20. The van der Waals surface area contributed by atoms with Crippen molar-refractivity contribution in [1.82, 2.24) is 5.32 Å². The van der Waals surface area contributed by atoms with Crippen LogP contribution in [0.15, 0.2) is 12.1 Å². The van der Waals surface area contributed by atoms with Gasteiger partial charge in [0.15, 0.2) is 0 Å². The van der Waals surface area contributed by atoms with Crippen LogP contribution in [0.2, 0.25) is 5.02 Å². The van der Waals surface area contributed by atoms with Crippen molar-refractivity contribution < 1.29 is 4.74 Å². The molecule has 0 spiro atoms. The monoisotopic (exact) mass is 297 g/mol. The molecule has 0 aliphatic rings. The van der Waals surface area contributed by atoms with E-state index in [0.717, 1.165) is 42.3 Å². The summed E-state index contributed by atoms with van der Waals surface area (Å²) in [5, 5.41) is 4.24. The van der Waals surface area contributed by atoms with Crippen LogP contribution >= 0.6 is 11.6 Å². The third kappa shape index (κ3) is 5.72. The zero-order valence-corrected chi connectivity index (χ0v) is 14.2. The van der Waals surface area contributed by atoms with Crippen molar-refractivity contribution >= 4 is 11.6 Å². The molecule has 0 aliphatic heterocycles. The molecular weight excluding hydrogens is 270 g/mol. The molecule has 0 heterocycles. The summed E-state index contributed by atoms with van der Waals surface area (Å²) in [4.78, 5) is 0. The van der Waals surface area contributed by atoms with Crippen molar-refractivity contribution in [1.29, 1.82) is 0 Å². The second-order valence-electron chi connectivity index (χ2n) is 5.96. The van der Waals surface area contributed by atoms with E-state index in [4.69, 9.17) is 16.3 Å². The highest BCUT2D eigenvalue weighted by Gasteiger charge is 2.10. The smallest absolute Gasteiger partial charge is 0.123 e. The van der Waals surface area contributed by atoms with E-state index in [1.165, 1.54) is 5.56 Å². The first-order valence-electron chi connectivity index (χ1n) is 7.58. The summed E-state index contributed by atoms with van der Waals surface area (Å²) in [6.07, 6.45) is 2.21. The predicted molar refractivity (Wildman–Crippen MR) is 88.1 cm³/mol. The Morgan fingerprint density at radius 2 is 1.85 bits per heavy atom. The lowest BCUT2D eigenvalue weighted by atomic mass is 10.0. The van der Waals surface area contributed by atoms with Crippen LogP contribution in [0.4, 0.5) is 0 Å². The Morgan fingerprint density at radius 1 is 1.15 bits per heavy atom. The van der Waals surface area contributed by atoms with Gasteiger partial charge in [-0.1, -0.05) is 39.3 Å². The third-order valence-electron chi connectivity index (χ3n) is 3.29. The number of unbranched alkanes of at least 4 members (excludes halogenated alkanes) is 1. The van der Waals surface area contributed by atoms with Gasteiger partial charge in [-0.3, -0.25) is 0 Å². The molecule has 0 fully saturated rings. The Morgan fingerprint density at radius 3 is 2.45 bits per heavy atom. The van der Waals surface area contributed by atoms with E-state index < -0.39 is 0 Å². The second-order valence-corrected chi connectivity index (χ2v) is 6.37. The third-order valence-corrected chi connectivity index (χ3v) is 3.70. The molecule has 0 radical (unpaired) electrons. The van der Waals surface area contributed by atoms with E-state index in [1.54, 1.807) is 0 Å². The summed E-state index contributed by atoms with van der Waals surface area (Å²) < 4.78 is 5.95. The first-order valence-corrected chi connectivity index (χ1v) is 7.95. The molecule has 1 rings (SSSR count). The largest absolute Gasteiger partial charge is 0.493 e. The summed E-state index contributed by atoms with van der Waals surface area (Å²) >= 11 is 6.20. The number of ether oxygens (including phenoxy) is 1. The fourth-order valence-corrected chi connectivity index (χ4v) is 2.22. The van der Waals surface area contributed by atoms with E-state index in [0.29, 0.717) is 12.0 Å². The lowest BCUT2D eigenvalue weighted by molar-refractivity contribution is 0.301. The average molecular weight is 298 g/mol. The van der Waals surface area contributed by atoms with Gasteiger partial charge < -0.3 is 10.1 Å². The molecule has 3 heteroatoms. The second kappa shape index (κ2) is 8.53. The van der Waals surface area contributed by atoms with Gasteiger partial charge in [-0.15, -0.1) is 0 Å². The van der Waals surface area contributed by atoms with Crippen LogP contribution in [-0.2, 0) is 0 Å². The highest BCUT2D eigenvalue weighted by Crippen LogP contribution is 2.32. The Balaban J connectivity index is 2.49. The fourth-order valence-electron chi connectivity index (χ4n) is 2.05. The molecule has 0 atom stereocenters. The van der Waals surface area contributed by atoms with Crippen LogP contribution in [0.5, 0.6) is 5.75 Å². The lowest BCUT2D eigenvalue weighted by Crippen LogP contribution is -2.23. The zero-order valence-electron chi connectivity index (χ0n) is 13.4. The van der Waals surface area contributed by atoms with Crippen molar-refractivity contribution in [2.24, 2.45) is 0 Å². The van der Waals surface area contributed by atoms with Crippen LogP contribution < -0.4 is 10.1 Å². The molecule has 0 aromatic heterocycles. The van der Waals surface area contributed by atoms with E-state index in [1.807, 2.05) is 13.0 Å². The quantitative estimate of drug-likeness (QED) is 0.687. The Bertz CT molecular complexity index is 416. The summed E-state index contributed by atoms with van der Waals surface area (Å²) in [5.74, 6) is 1.41. The van der Waals surface area contributed by atoms with Gasteiger partial charge in [-0.05, 0) is 55.5 Å². The van der Waals surface area contributed by atoms with Gasteiger partial charge in [0.05, 0.1) is 6.61 Å². The van der Waals surface area contributed by atoms with E-state index in [-0.39, 0.29) is 0 Å². The SMILES string of the molecule is Cc1cc(OCCCCNC(C)C)c(C(C)C)cc1Cl. The predicted octanol–water partition coefficient (Wildman–Crippen LogP) is 4.93. The maximum atomic E-state index is 6.20. The molecule has 20 heavy (non-hydrogen) atoms. The summed E-state index contributed by atoms with van der Waals surface area (Å²) in [7, 11) is 0. The number of rotatable bonds is 8. The number of aryl methyl sites for hydroxylation is 1. The van der Waals surface area contributed by atoms with E-state index in [9.17, 15) is 0 Å². The minimum atomic E-state index is 0.422. The van der Waals surface area contributed by atoms with Gasteiger partial charge >= 0.3 is 0 Å². The number of benzene rings is 1. The molecule has 1 aromatic rings. The van der Waals surface area contributed by atoms with Crippen LogP contribution in [0.25, 0.3) is 0 Å². The van der Waals surface area contributed by atoms with Gasteiger partial charge in [-0.25, -0.2) is 0 Å². The molecule has 0 unspecified atom stereocenters. The molecule has 114 valence electrons. The summed E-state index contributed by atoms with van der Waals surface area (Å²) in [6, 6.07) is 4.66. The fraction of sp³-hybridized carbons (Fsp3) is 0.647.